The summed E-state index contributed by atoms with van der Waals surface area (Å²) in [6.07, 6.45) is 0.104. The number of esters is 1. The topological polar surface area (TPSA) is 63.7 Å². The first-order valence-electron chi connectivity index (χ1n) is 8.57. The maximum atomic E-state index is 12.8. The van der Waals surface area contributed by atoms with Gasteiger partial charge in [-0.3, -0.25) is 14.4 Å². The maximum Gasteiger partial charge on any atom is 0.302 e. The summed E-state index contributed by atoms with van der Waals surface area (Å²) in [5, 5.41) is 0. The highest BCUT2D eigenvalue weighted by atomic mass is 16.5. The maximum absolute atomic E-state index is 12.8. The zero-order valence-corrected chi connectivity index (χ0v) is 15.0. The van der Waals surface area contributed by atoms with Crippen LogP contribution in [0.15, 0.2) is 35.5 Å². The number of carbonyl (C=O) groups is 3. The van der Waals surface area contributed by atoms with Crippen molar-refractivity contribution in [3.63, 3.8) is 0 Å². The van der Waals surface area contributed by atoms with Crippen molar-refractivity contribution in [1.29, 1.82) is 0 Å². The number of hydrogen-bond donors (Lipinski definition) is 0. The van der Waals surface area contributed by atoms with Crippen molar-refractivity contribution in [2.45, 2.75) is 52.7 Å². The SMILES string of the molecule is CC(=O)O[C@@H]1CC(=O)[C@H]2C[C@@H]1C(C(C)=O)=C(C)N2c1ccccc1C. The molecule has 0 amide bonds. The molecule has 3 rings (SSSR count). The van der Waals surface area contributed by atoms with Gasteiger partial charge in [0.15, 0.2) is 11.6 Å². The van der Waals surface area contributed by atoms with Crippen LogP contribution in [0.3, 0.4) is 0 Å². The molecule has 1 aromatic carbocycles. The first-order chi connectivity index (χ1) is 11.8. The summed E-state index contributed by atoms with van der Waals surface area (Å²) in [7, 11) is 0. The Hall–Kier alpha value is -2.43. The van der Waals surface area contributed by atoms with Crippen LogP contribution in [0.2, 0.25) is 0 Å². The van der Waals surface area contributed by atoms with Gasteiger partial charge in [-0.2, -0.15) is 0 Å². The van der Waals surface area contributed by atoms with E-state index < -0.39 is 12.1 Å². The highest BCUT2D eigenvalue weighted by Gasteiger charge is 2.48. The Bertz CT molecular complexity index is 780. The van der Waals surface area contributed by atoms with Crippen LogP contribution in [0.25, 0.3) is 0 Å². The van der Waals surface area contributed by atoms with Gasteiger partial charge in [0.05, 0.1) is 6.04 Å². The van der Waals surface area contributed by atoms with Gasteiger partial charge in [0, 0.05) is 36.2 Å². The van der Waals surface area contributed by atoms with Crippen molar-refractivity contribution in [2.75, 3.05) is 4.90 Å². The van der Waals surface area contributed by atoms with Crippen LogP contribution in [0.4, 0.5) is 5.69 Å². The molecule has 0 unspecified atom stereocenters. The first-order valence-corrected chi connectivity index (χ1v) is 8.57. The fourth-order valence-electron chi connectivity index (χ4n) is 4.22. The van der Waals surface area contributed by atoms with Gasteiger partial charge in [-0.15, -0.1) is 0 Å². The number of benzene rings is 1. The van der Waals surface area contributed by atoms with Crippen molar-refractivity contribution >= 4 is 23.2 Å². The molecule has 0 aromatic heterocycles. The van der Waals surface area contributed by atoms with Gasteiger partial charge in [0.25, 0.3) is 0 Å². The molecule has 2 aliphatic rings. The standard InChI is InChI=1S/C20H23NO4/c1-11-7-5-6-8-16(11)21-12(2)20(13(3)22)15-9-17(21)18(24)10-19(15)25-14(4)23/h5-8,15,17,19H,9-10H2,1-4H3/t15-,17+,19+/m0/s1. The van der Waals surface area contributed by atoms with Crippen LogP contribution >= 0.6 is 0 Å². The van der Waals surface area contributed by atoms with Crippen molar-refractivity contribution in [2.24, 2.45) is 5.92 Å². The summed E-state index contributed by atoms with van der Waals surface area (Å²) in [6.45, 7) is 6.75. The molecular formula is C20H23NO4. The Morgan fingerprint density at radius 3 is 2.44 bits per heavy atom. The van der Waals surface area contributed by atoms with Crippen LogP contribution in [-0.2, 0) is 19.1 Å². The Labute approximate surface area is 147 Å². The van der Waals surface area contributed by atoms with Gasteiger partial charge in [-0.25, -0.2) is 0 Å². The fraction of sp³-hybridized carbons (Fsp3) is 0.450. The van der Waals surface area contributed by atoms with E-state index in [1.54, 1.807) is 0 Å². The summed E-state index contributed by atoms with van der Waals surface area (Å²) in [4.78, 5) is 38.6. The molecule has 1 aromatic rings. The van der Waals surface area contributed by atoms with Crippen LogP contribution < -0.4 is 4.90 Å². The van der Waals surface area contributed by atoms with Crippen LogP contribution in [0.1, 0.15) is 39.2 Å². The molecule has 132 valence electrons. The smallest absolute Gasteiger partial charge is 0.302 e. The Morgan fingerprint density at radius 2 is 1.84 bits per heavy atom. The predicted molar refractivity (Wildman–Crippen MR) is 94.1 cm³/mol. The number of anilines is 1. The van der Waals surface area contributed by atoms with Gasteiger partial charge in [0.1, 0.15) is 6.10 Å². The van der Waals surface area contributed by atoms with E-state index in [1.165, 1.54) is 13.8 Å². The minimum atomic E-state index is -0.547. The molecule has 1 aliphatic carbocycles. The lowest BCUT2D eigenvalue weighted by Gasteiger charge is -2.47. The molecule has 0 radical (unpaired) electrons. The molecule has 0 spiro atoms. The lowest BCUT2D eigenvalue weighted by atomic mass is 9.72. The molecule has 0 N–H and O–H groups in total. The summed E-state index contributed by atoms with van der Waals surface area (Å²) < 4.78 is 5.38. The molecule has 25 heavy (non-hydrogen) atoms. The van der Waals surface area contributed by atoms with E-state index in [0.29, 0.717) is 12.0 Å². The molecular weight excluding hydrogens is 318 g/mol. The lowest BCUT2D eigenvalue weighted by molar-refractivity contribution is -0.152. The Morgan fingerprint density at radius 1 is 1.16 bits per heavy atom. The fourth-order valence-corrected chi connectivity index (χ4v) is 4.22. The first kappa shape index (κ1) is 17.4. The van der Waals surface area contributed by atoms with Crippen molar-refractivity contribution < 1.29 is 19.1 Å². The zero-order chi connectivity index (χ0) is 18.3. The third-order valence-electron chi connectivity index (χ3n) is 5.21. The number of fused-ring (bicyclic) bond motifs is 2. The molecule has 1 aliphatic heterocycles. The molecule has 2 bridgehead atoms. The van der Waals surface area contributed by atoms with Crippen LogP contribution in [0, 0.1) is 12.8 Å². The van der Waals surface area contributed by atoms with Crippen molar-refractivity contribution in [3.05, 3.63) is 41.1 Å². The Balaban J connectivity index is 2.14. The number of hydrogen-bond acceptors (Lipinski definition) is 5. The minimum absolute atomic E-state index is 0.0361. The monoisotopic (exact) mass is 341 g/mol. The van der Waals surface area contributed by atoms with Crippen molar-refractivity contribution in [3.8, 4) is 0 Å². The van der Waals surface area contributed by atoms with E-state index in [4.69, 9.17) is 4.74 Å². The second-order valence-corrected chi connectivity index (χ2v) is 6.89. The third kappa shape index (κ3) is 2.99. The average Bonchev–Trinajstić information content (AvgIpc) is 2.52. The second-order valence-electron chi connectivity index (χ2n) is 6.89. The lowest BCUT2D eigenvalue weighted by Crippen LogP contribution is -2.54. The number of aryl methyl sites for hydroxylation is 1. The zero-order valence-electron chi connectivity index (χ0n) is 15.0. The number of Topliss-reactive ketones (excluding diaryl/α,β-unsaturated/α-hetero) is 2. The number of para-hydroxylation sites is 1. The molecule has 5 nitrogen and oxygen atoms in total. The highest BCUT2D eigenvalue weighted by Crippen LogP contribution is 2.43. The van der Waals surface area contributed by atoms with Crippen molar-refractivity contribution in [1.82, 2.24) is 0 Å². The normalized spacial score (nSPS) is 25.8. The summed E-state index contributed by atoms with van der Waals surface area (Å²) in [5.41, 5.74) is 3.45. The van der Waals surface area contributed by atoms with E-state index in [1.807, 2.05) is 43.0 Å². The number of ketones is 2. The van der Waals surface area contributed by atoms with Gasteiger partial charge in [-0.05, 0) is 38.8 Å². The highest BCUT2D eigenvalue weighted by molar-refractivity contribution is 5.99. The van der Waals surface area contributed by atoms with Gasteiger partial charge >= 0.3 is 5.97 Å². The van der Waals surface area contributed by atoms with E-state index in [0.717, 1.165) is 16.9 Å². The van der Waals surface area contributed by atoms with Crippen LogP contribution in [0.5, 0.6) is 0 Å². The Kier molecular flexibility index (Phi) is 4.50. The minimum Gasteiger partial charge on any atom is -0.461 e. The molecule has 1 saturated carbocycles. The van der Waals surface area contributed by atoms with Gasteiger partial charge in [-0.1, -0.05) is 18.2 Å². The number of rotatable bonds is 3. The second kappa shape index (κ2) is 6.47. The summed E-state index contributed by atoms with van der Waals surface area (Å²) in [6, 6.07) is 7.54. The molecule has 3 atom stereocenters. The number of carbonyl (C=O) groups excluding carboxylic acids is 3. The number of ether oxygens (including phenoxy) is 1. The average molecular weight is 341 g/mol. The summed E-state index contributed by atoms with van der Waals surface area (Å²) >= 11 is 0. The predicted octanol–water partition coefficient (Wildman–Crippen LogP) is 2.96. The van der Waals surface area contributed by atoms with E-state index in [9.17, 15) is 14.4 Å². The van der Waals surface area contributed by atoms with Gasteiger partial charge in [0.2, 0.25) is 0 Å². The third-order valence-corrected chi connectivity index (χ3v) is 5.21. The molecule has 0 saturated heterocycles. The van der Waals surface area contributed by atoms with E-state index >= 15 is 0 Å². The molecule has 5 heteroatoms. The van der Waals surface area contributed by atoms with E-state index in [2.05, 4.69) is 0 Å². The quantitative estimate of drug-likeness (QED) is 0.791. The summed E-state index contributed by atoms with van der Waals surface area (Å²) in [5.74, 6) is -0.624. The number of allylic oxidation sites excluding steroid dienone is 1. The largest absolute Gasteiger partial charge is 0.461 e. The van der Waals surface area contributed by atoms with E-state index in [-0.39, 0.29) is 29.9 Å². The molecule has 1 heterocycles. The molecule has 1 fully saturated rings. The van der Waals surface area contributed by atoms with Gasteiger partial charge < -0.3 is 9.64 Å². The van der Waals surface area contributed by atoms with Crippen LogP contribution in [-0.4, -0.2) is 29.7 Å². The number of nitrogens with zero attached hydrogens (tertiary/aromatic N) is 1.